The summed E-state index contributed by atoms with van der Waals surface area (Å²) in [6.07, 6.45) is 3.99. The minimum atomic E-state index is 0.205. The molecular weight excluding hydrogens is 290 g/mol. The van der Waals surface area contributed by atoms with Crippen LogP contribution in [0.5, 0.6) is 0 Å². The van der Waals surface area contributed by atoms with Gasteiger partial charge in [-0.2, -0.15) is 5.10 Å². The highest BCUT2D eigenvalue weighted by molar-refractivity contribution is 9.10. The first-order chi connectivity index (χ1) is 8.61. The average molecular weight is 308 g/mol. The molecule has 0 fully saturated rings. The van der Waals surface area contributed by atoms with Gasteiger partial charge in [0.05, 0.1) is 12.2 Å². The van der Waals surface area contributed by atoms with Crippen molar-refractivity contribution in [2.45, 2.75) is 19.9 Å². The second kappa shape index (κ2) is 5.67. The predicted molar refractivity (Wildman–Crippen MR) is 77.6 cm³/mol. The summed E-state index contributed by atoms with van der Waals surface area (Å²) in [5, 5.41) is 7.78. The fraction of sp³-hybridized carbons (Fsp3) is 0.357. The van der Waals surface area contributed by atoms with Crippen molar-refractivity contribution in [2.75, 3.05) is 6.54 Å². The molecule has 1 unspecified atom stereocenters. The molecule has 0 aliphatic rings. The van der Waals surface area contributed by atoms with Gasteiger partial charge in [0.25, 0.3) is 0 Å². The van der Waals surface area contributed by atoms with E-state index in [0.29, 0.717) is 0 Å². The van der Waals surface area contributed by atoms with Crippen LogP contribution in [0, 0.1) is 6.92 Å². The number of nitrogens with zero attached hydrogens (tertiary/aromatic N) is 2. The molecule has 1 N–H and O–H groups in total. The minimum Gasteiger partial charge on any atom is -0.306 e. The topological polar surface area (TPSA) is 29.9 Å². The fourth-order valence-corrected chi connectivity index (χ4v) is 2.64. The predicted octanol–water partition coefficient (Wildman–Crippen LogP) is 3.19. The summed E-state index contributed by atoms with van der Waals surface area (Å²) in [5.74, 6) is 0. The van der Waals surface area contributed by atoms with Crippen LogP contribution in [0.1, 0.15) is 29.7 Å². The summed E-state index contributed by atoms with van der Waals surface area (Å²) in [4.78, 5) is 0. The number of aryl methyl sites for hydroxylation is 2. The summed E-state index contributed by atoms with van der Waals surface area (Å²) >= 11 is 3.51. The van der Waals surface area contributed by atoms with Crippen molar-refractivity contribution in [3.8, 4) is 0 Å². The van der Waals surface area contributed by atoms with Crippen molar-refractivity contribution in [1.29, 1.82) is 0 Å². The van der Waals surface area contributed by atoms with E-state index in [0.717, 1.165) is 11.0 Å². The third-order valence-corrected chi connectivity index (χ3v) is 3.50. The lowest BCUT2D eigenvalue weighted by molar-refractivity contribution is 0.626. The zero-order valence-corrected chi connectivity index (χ0v) is 12.5. The van der Waals surface area contributed by atoms with Crippen molar-refractivity contribution in [1.82, 2.24) is 15.1 Å². The molecule has 2 rings (SSSR count). The van der Waals surface area contributed by atoms with Crippen LogP contribution in [-0.2, 0) is 7.05 Å². The van der Waals surface area contributed by atoms with Crippen LogP contribution < -0.4 is 5.32 Å². The maximum absolute atomic E-state index is 4.26. The average Bonchev–Trinajstić information content (AvgIpc) is 2.73. The molecule has 0 saturated carbocycles. The highest BCUT2D eigenvalue weighted by atomic mass is 79.9. The zero-order chi connectivity index (χ0) is 13.1. The van der Waals surface area contributed by atoms with Crippen LogP contribution in [0.3, 0.4) is 0 Å². The van der Waals surface area contributed by atoms with Crippen LogP contribution in [0.25, 0.3) is 0 Å². The third-order valence-electron chi connectivity index (χ3n) is 3.01. The molecule has 0 bridgehead atoms. The Morgan fingerprint density at radius 2 is 2.22 bits per heavy atom. The Hall–Kier alpha value is -1.13. The Balaban J connectivity index is 2.41. The molecule has 0 aliphatic carbocycles. The smallest absolute Gasteiger partial charge is 0.0610 e. The summed E-state index contributed by atoms with van der Waals surface area (Å²) in [5.41, 5.74) is 3.78. The molecule has 96 valence electrons. The quantitative estimate of drug-likeness (QED) is 0.940. The van der Waals surface area contributed by atoms with Crippen molar-refractivity contribution in [3.05, 3.63) is 51.8 Å². The van der Waals surface area contributed by atoms with Crippen LogP contribution >= 0.6 is 15.9 Å². The SMILES string of the molecule is CCNC(c1cnn(C)c1)c1ccc(Br)cc1C. The Kier molecular flexibility index (Phi) is 4.19. The highest BCUT2D eigenvalue weighted by Crippen LogP contribution is 2.26. The van der Waals surface area contributed by atoms with E-state index in [1.165, 1.54) is 16.7 Å². The van der Waals surface area contributed by atoms with Crippen LogP contribution in [0.2, 0.25) is 0 Å². The molecule has 1 aromatic heterocycles. The van der Waals surface area contributed by atoms with Gasteiger partial charge >= 0.3 is 0 Å². The summed E-state index contributed by atoms with van der Waals surface area (Å²) in [6.45, 7) is 5.19. The van der Waals surface area contributed by atoms with Crippen molar-refractivity contribution < 1.29 is 0 Å². The van der Waals surface area contributed by atoms with Gasteiger partial charge in [-0.15, -0.1) is 0 Å². The first-order valence-corrected chi connectivity index (χ1v) is 6.89. The fourth-order valence-electron chi connectivity index (χ4n) is 2.16. The highest BCUT2D eigenvalue weighted by Gasteiger charge is 2.16. The lowest BCUT2D eigenvalue weighted by Gasteiger charge is -2.19. The van der Waals surface area contributed by atoms with E-state index in [2.05, 4.69) is 64.6 Å². The van der Waals surface area contributed by atoms with Crippen LogP contribution in [0.4, 0.5) is 0 Å². The molecule has 1 atom stereocenters. The zero-order valence-electron chi connectivity index (χ0n) is 10.9. The Morgan fingerprint density at radius 3 is 2.78 bits per heavy atom. The van der Waals surface area contributed by atoms with Crippen molar-refractivity contribution in [3.63, 3.8) is 0 Å². The van der Waals surface area contributed by atoms with E-state index in [1.54, 1.807) is 0 Å². The van der Waals surface area contributed by atoms with Gasteiger partial charge in [0.2, 0.25) is 0 Å². The van der Waals surface area contributed by atoms with Gasteiger partial charge < -0.3 is 5.32 Å². The Labute approximate surface area is 116 Å². The molecule has 0 amide bonds. The first-order valence-electron chi connectivity index (χ1n) is 6.09. The lowest BCUT2D eigenvalue weighted by atomic mass is 9.97. The molecule has 0 spiro atoms. The maximum Gasteiger partial charge on any atom is 0.0610 e. The minimum absolute atomic E-state index is 0.205. The number of hydrogen-bond acceptors (Lipinski definition) is 2. The molecule has 0 radical (unpaired) electrons. The second-order valence-corrected chi connectivity index (χ2v) is 5.35. The van der Waals surface area contributed by atoms with E-state index in [-0.39, 0.29) is 6.04 Å². The summed E-state index contributed by atoms with van der Waals surface area (Å²) in [6, 6.07) is 6.61. The molecule has 0 saturated heterocycles. The molecule has 18 heavy (non-hydrogen) atoms. The molecule has 0 aliphatic heterocycles. The van der Waals surface area contributed by atoms with Gasteiger partial charge in [-0.3, -0.25) is 4.68 Å². The number of hydrogen-bond donors (Lipinski definition) is 1. The molecule has 1 heterocycles. The largest absolute Gasteiger partial charge is 0.306 e. The molecule has 4 heteroatoms. The van der Waals surface area contributed by atoms with Gasteiger partial charge in [0.15, 0.2) is 0 Å². The van der Waals surface area contributed by atoms with Gasteiger partial charge in [0.1, 0.15) is 0 Å². The van der Waals surface area contributed by atoms with Gasteiger partial charge in [-0.05, 0) is 36.7 Å². The van der Waals surface area contributed by atoms with Gasteiger partial charge in [-0.1, -0.05) is 28.9 Å². The molecule has 2 aromatic rings. The normalized spacial score (nSPS) is 12.7. The van der Waals surface area contributed by atoms with E-state index < -0.39 is 0 Å². The number of rotatable bonds is 4. The van der Waals surface area contributed by atoms with Crippen LogP contribution in [-0.4, -0.2) is 16.3 Å². The summed E-state index contributed by atoms with van der Waals surface area (Å²) < 4.78 is 2.96. The number of nitrogens with one attached hydrogen (secondary N) is 1. The van der Waals surface area contributed by atoms with Crippen LogP contribution in [0.15, 0.2) is 35.1 Å². The number of aromatic nitrogens is 2. The number of halogens is 1. The van der Waals surface area contributed by atoms with Gasteiger partial charge in [-0.25, -0.2) is 0 Å². The maximum atomic E-state index is 4.26. The molecule has 3 nitrogen and oxygen atoms in total. The Bertz CT molecular complexity index is 534. The van der Waals surface area contributed by atoms with Gasteiger partial charge in [0, 0.05) is 23.3 Å². The van der Waals surface area contributed by atoms with Crippen molar-refractivity contribution in [2.24, 2.45) is 7.05 Å². The third kappa shape index (κ3) is 2.82. The lowest BCUT2D eigenvalue weighted by Crippen LogP contribution is -2.22. The second-order valence-electron chi connectivity index (χ2n) is 4.44. The summed E-state index contributed by atoms with van der Waals surface area (Å²) in [7, 11) is 1.95. The molecular formula is C14H18BrN3. The van der Waals surface area contributed by atoms with E-state index in [1.807, 2.05) is 17.9 Å². The first kappa shape index (κ1) is 13.3. The van der Waals surface area contributed by atoms with E-state index >= 15 is 0 Å². The Morgan fingerprint density at radius 1 is 1.44 bits per heavy atom. The van der Waals surface area contributed by atoms with E-state index in [9.17, 15) is 0 Å². The number of benzene rings is 1. The van der Waals surface area contributed by atoms with Crippen molar-refractivity contribution >= 4 is 15.9 Å². The standard InChI is InChI=1S/C14H18BrN3/c1-4-16-14(11-8-17-18(3)9-11)13-6-5-12(15)7-10(13)2/h5-9,14,16H,4H2,1-3H3. The van der Waals surface area contributed by atoms with E-state index in [4.69, 9.17) is 0 Å². The molecule has 1 aromatic carbocycles. The monoisotopic (exact) mass is 307 g/mol.